The number of piperidine rings is 1. The third kappa shape index (κ3) is 10.7. The van der Waals surface area contributed by atoms with Crippen LogP contribution in [-0.4, -0.2) is 62.1 Å². The van der Waals surface area contributed by atoms with Gasteiger partial charge in [0.2, 0.25) is 15.9 Å². The molecule has 1 saturated heterocycles. The minimum atomic E-state index is -3.70. The number of hydrogen-bond donors (Lipinski definition) is 3. The van der Waals surface area contributed by atoms with Gasteiger partial charge in [-0.15, -0.1) is 0 Å². The molecular weight excluding hydrogens is 592 g/mol. The number of aliphatic imine (C=N–C) groups is 1. The molecule has 0 saturated carbocycles. The van der Waals surface area contributed by atoms with Gasteiger partial charge in [-0.05, 0) is 74.4 Å². The van der Waals surface area contributed by atoms with Crippen LogP contribution in [0.25, 0.3) is 6.08 Å². The fourth-order valence-electron chi connectivity index (χ4n) is 6.11. The Hall–Kier alpha value is -3.25. The fourth-order valence-corrected chi connectivity index (χ4v) is 7.28. The molecule has 45 heavy (non-hydrogen) atoms. The topological polar surface area (TPSA) is 168 Å². The lowest BCUT2D eigenvalue weighted by molar-refractivity contribution is -0.125. The number of amides is 4. The number of carbonyl (C=O) groups excluding carboxylic acids is 3. The van der Waals surface area contributed by atoms with Crippen LogP contribution in [0, 0.1) is 13.8 Å². The van der Waals surface area contributed by atoms with E-state index in [1.165, 1.54) is 59.6 Å². The molecule has 1 spiro atoms. The molecule has 0 bridgehead atoms. The fraction of sp³-hybridized carbons (Fsp3) is 0.636. The maximum atomic E-state index is 13.2. The number of unbranched alkanes of at least 4 members (excludes halogenated alkanes) is 10. The number of sulfonamides is 1. The first-order chi connectivity index (χ1) is 21.3. The van der Waals surface area contributed by atoms with Crippen LogP contribution in [-0.2, 0) is 19.6 Å². The van der Waals surface area contributed by atoms with E-state index in [0.717, 1.165) is 54.6 Å². The maximum Gasteiger partial charge on any atom is 0.318 e. The summed E-state index contributed by atoms with van der Waals surface area (Å²) >= 11 is 0. The minimum Gasteiger partial charge on any atom is -0.370 e. The molecule has 0 unspecified atom stereocenters. The maximum absolute atomic E-state index is 13.2. The Balaban J connectivity index is 1.39. The highest BCUT2D eigenvalue weighted by molar-refractivity contribution is 7.92. The standard InChI is InChI=1S/C33H52N6O5S/c1-25-23-27(38(3)32(35)42)24-26(2)28(25)17-22-45(43,44)39-20-18-33(19-21-39)31(41)36-30(37-33)16-14-12-10-8-6-4-5-7-9-11-13-15-29(34)40/h17,22-24H,4-16,18-21H2,1-3H3,(H2,34,40)(H2,35,42)(H,36,37,41)/b22-17+. The highest BCUT2D eigenvalue weighted by atomic mass is 32.2. The number of primary amides is 2. The summed E-state index contributed by atoms with van der Waals surface area (Å²) in [5.41, 5.74) is 12.7. The van der Waals surface area contributed by atoms with Crippen molar-refractivity contribution in [1.29, 1.82) is 0 Å². The zero-order chi connectivity index (χ0) is 33.0. The van der Waals surface area contributed by atoms with Gasteiger partial charge in [0.25, 0.3) is 5.91 Å². The number of rotatable bonds is 18. The molecular formula is C33H52N6O5S. The summed E-state index contributed by atoms with van der Waals surface area (Å²) in [6.07, 6.45) is 16.0. The number of anilines is 1. The van der Waals surface area contributed by atoms with Gasteiger partial charge < -0.3 is 16.8 Å². The zero-order valence-electron chi connectivity index (χ0n) is 27.3. The summed E-state index contributed by atoms with van der Waals surface area (Å²) < 4.78 is 27.8. The molecule has 3 rings (SSSR count). The molecule has 0 radical (unpaired) electrons. The van der Waals surface area contributed by atoms with Crippen LogP contribution in [0.1, 0.15) is 113 Å². The predicted molar refractivity (Wildman–Crippen MR) is 180 cm³/mol. The van der Waals surface area contributed by atoms with Crippen molar-refractivity contribution in [3.63, 3.8) is 0 Å². The average Bonchev–Trinajstić information content (AvgIpc) is 3.28. The van der Waals surface area contributed by atoms with Crippen molar-refractivity contribution in [3.05, 3.63) is 34.2 Å². The Morgan fingerprint density at radius 1 is 0.933 bits per heavy atom. The molecule has 1 aromatic carbocycles. The Morgan fingerprint density at radius 3 is 1.96 bits per heavy atom. The largest absolute Gasteiger partial charge is 0.370 e. The van der Waals surface area contributed by atoms with Gasteiger partial charge in [-0.1, -0.05) is 57.8 Å². The van der Waals surface area contributed by atoms with E-state index in [0.29, 0.717) is 24.9 Å². The predicted octanol–water partition coefficient (Wildman–Crippen LogP) is 5.04. The van der Waals surface area contributed by atoms with E-state index in [1.807, 2.05) is 13.8 Å². The van der Waals surface area contributed by atoms with E-state index in [1.54, 1.807) is 25.3 Å². The smallest absolute Gasteiger partial charge is 0.318 e. The van der Waals surface area contributed by atoms with Crippen molar-refractivity contribution >= 4 is 45.5 Å². The summed E-state index contributed by atoms with van der Waals surface area (Å²) in [5.74, 6) is 0.398. The lowest BCUT2D eigenvalue weighted by Gasteiger charge is -2.34. The number of carbonyl (C=O) groups is 3. The monoisotopic (exact) mass is 644 g/mol. The molecule has 1 fully saturated rings. The second-order valence-electron chi connectivity index (χ2n) is 12.5. The summed E-state index contributed by atoms with van der Waals surface area (Å²) in [6.45, 7) is 4.17. The molecule has 12 heteroatoms. The van der Waals surface area contributed by atoms with Crippen LogP contribution < -0.4 is 21.7 Å². The van der Waals surface area contributed by atoms with Crippen LogP contribution in [0.3, 0.4) is 0 Å². The van der Waals surface area contributed by atoms with Crippen molar-refractivity contribution < 1.29 is 22.8 Å². The van der Waals surface area contributed by atoms with Crippen molar-refractivity contribution in [2.75, 3.05) is 25.0 Å². The first-order valence-electron chi connectivity index (χ1n) is 16.4. The van der Waals surface area contributed by atoms with E-state index in [9.17, 15) is 22.8 Å². The second-order valence-corrected chi connectivity index (χ2v) is 14.4. The highest BCUT2D eigenvalue weighted by Gasteiger charge is 2.46. The molecule has 5 N–H and O–H groups in total. The van der Waals surface area contributed by atoms with Gasteiger partial charge in [0.05, 0.1) is 0 Å². The molecule has 2 heterocycles. The average molecular weight is 645 g/mol. The molecule has 2 aliphatic rings. The number of urea groups is 1. The third-order valence-electron chi connectivity index (χ3n) is 8.98. The van der Waals surface area contributed by atoms with Crippen molar-refractivity contribution in [2.24, 2.45) is 16.5 Å². The van der Waals surface area contributed by atoms with Crippen molar-refractivity contribution in [3.8, 4) is 0 Å². The Morgan fingerprint density at radius 2 is 1.44 bits per heavy atom. The molecule has 0 atom stereocenters. The quantitative estimate of drug-likeness (QED) is 0.190. The van der Waals surface area contributed by atoms with Crippen LogP contribution in [0.4, 0.5) is 10.5 Å². The summed E-state index contributed by atoms with van der Waals surface area (Å²) in [5, 5.41) is 4.18. The second kappa shape index (κ2) is 16.9. The van der Waals surface area contributed by atoms with Gasteiger partial charge in [-0.2, -0.15) is 4.31 Å². The van der Waals surface area contributed by atoms with Crippen LogP contribution in [0.15, 0.2) is 22.5 Å². The zero-order valence-corrected chi connectivity index (χ0v) is 28.1. The number of hydrogen-bond acceptors (Lipinski definition) is 6. The molecule has 2 aliphatic heterocycles. The molecule has 1 aromatic rings. The van der Waals surface area contributed by atoms with Crippen molar-refractivity contribution in [2.45, 2.75) is 116 Å². The molecule has 4 amide bonds. The molecule has 0 aromatic heterocycles. The molecule has 0 aliphatic carbocycles. The Kier molecular flexibility index (Phi) is 13.6. The Bertz CT molecular complexity index is 1340. The van der Waals surface area contributed by atoms with Crippen molar-refractivity contribution in [1.82, 2.24) is 9.62 Å². The van der Waals surface area contributed by atoms with Crippen LogP contribution in [0.2, 0.25) is 0 Å². The molecule has 11 nitrogen and oxygen atoms in total. The lowest BCUT2D eigenvalue weighted by Crippen LogP contribution is -2.50. The first kappa shape index (κ1) is 36.2. The number of nitrogens with zero attached hydrogens (tertiary/aromatic N) is 3. The van der Waals surface area contributed by atoms with Gasteiger partial charge in [0.1, 0.15) is 11.4 Å². The normalized spacial score (nSPS) is 16.7. The van der Waals surface area contributed by atoms with Gasteiger partial charge in [0.15, 0.2) is 0 Å². The molecule has 250 valence electrons. The number of amidine groups is 1. The minimum absolute atomic E-state index is 0.119. The van der Waals surface area contributed by atoms with E-state index in [-0.39, 0.29) is 24.9 Å². The van der Waals surface area contributed by atoms with Gasteiger partial charge in [-0.3, -0.25) is 19.5 Å². The summed E-state index contributed by atoms with van der Waals surface area (Å²) in [6, 6.07) is 3.02. The van der Waals surface area contributed by atoms with E-state index in [2.05, 4.69) is 5.32 Å². The number of nitrogens with one attached hydrogen (secondary N) is 1. The van der Waals surface area contributed by atoms with Gasteiger partial charge >= 0.3 is 6.03 Å². The Labute approximate surface area is 268 Å². The number of nitrogens with two attached hydrogens (primary N) is 2. The van der Waals surface area contributed by atoms with E-state index < -0.39 is 21.6 Å². The summed E-state index contributed by atoms with van der Waals surface area (Å²) in [7, 11) is -2.11. The number of aryl methyl sites for hydroxylation is 2. The SMILES string of the molecule is Cc1cc(N(C)C(N)=O)cc(C)c1/C=C/S(=O)(=O)N1CCC2(CC1)N=C(CCCCCCCCCCCCCC(N)=O)NC2=O. The summed E-state index contributed by atoms with van der Waals surface area (Å²) in [4.78, 5) is 41.3. The van der Waals surface area contributed by atoms with Crippen LogP contribution in [0.5, 0.6) is 0 Å². The van der Waals surface area contributed by atoms with Gasteiger partial charge in [0, 0.05) is 44.1 Å². The highest BCUT2D eigenvalue weighted by Crippen LogP contribution is 2.32. The number of benzene rings is 1. The third-order valence-corrected chi connectivity index (χ3v) is 10.5. The van der Waals surface area contributed by atoms with E-state index >= 15 is 0 Å². The lowest BCUT2D eigenvalue weighted by atomic mass is 9.89. The first-order valence-corrected chi connectivity index (χ1v) is 17.9. The van der Waals surface area contributed by atoms with E-state index in [4.69, 9.17) is 16.5 Å². The van der Waals surface area contributed by atoms with Crippen LogP contribution >= 0.6 is 0 Å². The van der Waals surface area contributed by atoms with Gasteiger partial charge in [-0.25, -0.2) is 13.2 Å².